The van der Waals surface area contributed by atoms with Crippen LogP contribution in [0.25, 0.3) is 0 Å². The monoisotopic (exact) mass is 254 g/mol. The summed E-state index contributed by atoms with van der Waals surface area (Å²) in [6.45, 7) is 0. The minimum absolute atomic E-state index is 0.573. The van der Waals surface area contributed by atoms with Crippen molar-refractivity contribution in [2.75, 3.05) is 5.01 Å². The van der Waals surface area contributed by atoms with E-state index in [-0.39, 0.29) is 0 Å². The molecule has 14 heavy (non-hydrogen) atoms. The van der Waals surface area contributed by atoms with Gasteiger partial charge in [0.25, 0.3) is 0 Å². The molecule has 1 N–H and O–H groups in total. The number of aldehydes is 1. The summed E-state index contributed by atoms with van der Waals surface area (Å²) < 4.78 is 0.983. The minimum Gasteiger partial charge on any atom is -0.299 e. The van der Waals surface area contributed by atoms with Crippen molar-refractivity contribution in [1.29, 1.82) is 0 Å². The summed E-state index contributed by atoms with van der Waals surface area (Å²) in [6.07, 6.45) is 0.155. The molecule has 1 aliphatic heterocycles. The smallest absolute Gasteiger partial charge is 0.219 e. The van der Waals surface area contributed by atoms with Crippen LogP contribution in [0, 0.1) is 0 Å². The number of anilines is 1. The van der Waals surface area contributed by atoms with E-state index in [9.17, 15) is 4.79 Å². The van der Waals surface area contributed by atoms with Gasteiger partial charge in [-0.05, 0) is 24.3 Å². The van der Waals surface area contributed by atoms with Gasteiger partial charge in [0.2, 0.25) is 6.17 Å². The molecule has 1 aromatic carbocycles. The fourth-order valence-electron chi connectivity index (χ4n) is 1.14. The predicted octanol–water partition coefficient (Wildman–Crippen LogP) is 1.67. The Labute approximate surface area is 88.9 Å². The van der Waals surface area contributed by atoms with Crippen molar-refractivity contribution in [1.82, 2.24) is 5.53 Å². The minimum atomic E-state index is -0.573. The van der Waals surface area contributed by atoms with Crippen LogP contribution in [0.5, 0.6) is 0 Å². The summed E-state index contributed by atoms with van der Waals surface area (Å²) in [5.41, 5.74) is 3.48. The zero-order valence-corrected chi connectivity index (χ0v) is 8.68. The fourth-order valence-corrected chi connectivity index (χ4v) is 1.41. The molecule has 0 radical (unpaired) electrons. The number of carbonyl (C=O) groups excluding carboxylic acids is 1. The molecular formula is C8H7BrN4O. The van der Waals surface area contributed by atoms with Gasteiger partial charge in [-0.25, -0.2) is 5.01 Å². The molecule has 1 aromatic rings. The maximum atomic E-state index is 10.6. The third-order valence-electron chi connectivity index (χ3n) is 1.82. The van der Waals surface area contributed by atoms with Gasteiger partial charge in [-0.3, -0.25) is 4.79 Å². The molecule has 5 nitrogen and oxygen atoms in total. The lowest BCUT2D eigenvalue weighted by Crippen LogP contribution is -2.38. The first-order valence-corrected chi connectivity index (χ1v) is 4.76. The van der Waals surface area contributed by atoms with Crippen LogP contribution in [0.1, 0.15) is 0 Å². The lowest BCUT2D eigenvalue weighted by molar-refractivity contribution is -0.108. The van der Waals surface area contributed by atoms with Crippen LogP contribution in [-0.2, 0) is 4.79 Å². The van der Waals surface area contributed by atoms with Gasteiger partial charge in [0.15, 0.2) is 6.29 Å². The molecule has 0 saturated heterocycles. The molecule has 2 rings (SSSR count). The number of nitrogens with zero attached hydrogens (tertiary/aromatic N) is 3. The van der Waals surface area contributed by atoms with Crippen LogP contribution in [-0.4, -0.2) is 12.5 Å². The van der Waals surface area contributed by atoms with E-state index in [1.165, 1.54) is 0 Å². The molecule has 0 aromatic heterocycles. The van der Waals surface area contributed by atoms with Gasteiger partial charge in [-0.2, -0.15) is 5.53 Å². The van der Waals surface area contributed by atoms with Crippen LogP contribution in [0.15, 0.2) is 39.1 Å². The molecule has 0 amide bonds. The SMILES string of the molecule is O=CC1N=NNN1c1ccc(Br)cc1. The number of hydrogen-bond donors (Lipinski definition) is 1. The zero-order valence-electron chi connectivity index (χ0n) is 7.09. The van der Waals surface area contributed by atoms with E-state index in [1.807, 2.05) is 24.3 Å². The summed E-state index contributed by atoms with van der Waals surface area (Å²) in [6, 6.07) is 7.50. The molecule has 0 fully saturated rings. The number of carbonyl (C=O) groups is 1. The summed E-state index contributed by atoms with van der Waals surface area (Å²) in [5.74, 6) is 0. The lowest BCUT2D eigenvalue weighted by Gasteiger charge is -2.18. The molecule has 6 heteroatoms. The molecule has 1 atom stereocenters. The average Bonchev–Trinajstić information content (AvgIpc) is 2.67. The summed E-state index contributed by atoms with van der Waals surface area (Å²) in [7, 11) is 0. The summed E-state index contributed by atoms with van der Waals surface area (Å²) in [4.78, 5) is 10.6. The molecule has 1 aliphatic rings. The predicted molar refractivity (Wildman–Crippen MR) is 54.5 cm³/mol. The van der Waals surface area contributed by atoms with Gasteiger partial charge in [0.05, 0.1) is 5.69 Å². The quantitative estimate of drug-likeness (QED) is 0.817. The molecular weight excluding hydrogens is 248 g/mol. The second-order valence-electron chi connectivity index (χ2n) is 2.71. The Morgan fingerprint density at radius 2 is 2.14 bits per heavy atom. The molecule has 72 valence electrons. The average molecular weight is 255 g/mol. The topological polar surface area (TPSA) is 57.1 Å². The molecule has 1 unspecified atom stereocenters. The second kappa shape index (κ2) is 3.75. The summed E-state index contributed by atoms with van der Waals surface area (Å²) in [5, 5.41) is 8.85. The number of hydrogen-bond acceptors (Lipinski definition) is 5. The Morgan fingerprint density at radius 3 is 2.79 bits per heavy atom. The Morgan fingerprint density at radius 1 is 1.43 bits per heavy atom. The Hall–Kier alpha value is -1.43. The van der Waals surface area contributed by atoms with Crippen LogP contribution in [0.4, 0.5) is 5.69 Å². The first-order chi connectivity index (χ1) is 6.81. The highest BCUT2D eigenvalue weighted by Gasteiger charge is 2.21. The number of nitrogens with one attached hydrogen (secondary N) is 1. The van der Waals surface area contributed by atoms with Crippen LogP contribution in [0.2, 0.25) is 0 Å². The maximum Gasteiger partial charge on any atom is 0.219 e. The van der Waals surface area contributed by atoms with Gasteiger partial charge in [0, 0.05) is 4.47 Å². The molecule has 0 saturated carbocycles. The van der Waals surface area contributed by atoms with Gasteiger partial charge in [-0.15, -0.1) is 5.11 Å². The Bertz CT molecular complexity index is 364. The number of hydrazine groups is 1. The van der Waals surface area contributed by atoms with Crippen molar-refractivity contribution >= 4 is 27.9 Å². The Balaban J connectivity index is 2.23. The van der Waals surface area contributed by atoms with Crippen LogP contribution < -0.4 is 10.5 Å². The van der Waals surface area contributed by atoms with Gasteiger partial charge in [0.1, 0.15) is 0 Å². The van der Waals surface area contributed by atoms with Gasteiger partial charge in [-0.1, -0.05) is 21.2 Å². The molecule has 0 aliphatic carbocycles. The van der Waals surface area contributed by atoms with Crippen molar-refractivity contribution in [3.63, 3.8) is 0 Å². The molecule has 0 bridgehead atoms. The first-order valence-electron chi connectivity index (χ1n) is 3.97. The lowest BCUT2D eigenvalue weighted by atomic mass is 10.3. The zero-order chi connectivity index (χ0) is 9.97. The van der Waals surface area contributed by atoms with Crippen LogP contribution >= 0.6 is 15.9 Å². The van der Waals surface area contributed by atoms with E-state index in [2.05, 4.69) is 31.8 Å². The van der Waals surface area contributed by atoms with Crippen molar-refractivity contribution in [2.45, 2.75) is 6.17 Å². The van der Waals surface area contributed by atoms with E-state index < -0.39 is 6.17 Å². The van der Waals surface area contributed by atoms with E-state index >= 15 is 0 Å². The second-order valence-corrected chi connectivity index (χ2v) is 3.63. The molecule has 1 heterocycles. The number of benzene rings is 1. The third-order valence-corrected chi connectivity index (χ3v) is 2.35. The highest BCUT2D eigenvalue weighted by Crippen LogP contribution is 2.20. The normalized spacial score (nSPS) is 19.5. The van der Waals surface area contributed by atoms with Crippen molar-refractivity contribution in [2.24, 2.45) is 10.3 Å². The highest BCUT2D eigenvalue weighted by molar-refractivity contribution is 9.10. The van der Waals surface area contributed by atoms with Gasteiger partial charge < -0.3 is 0 Å². The standard InChI is InChI=1S/C8H7BrN4O/c9-6-1-3-7(4-2-6)13-8(5-14)10-11-12-13/h1-5,8H,(H,10,12). The highest BCUT2D eigenvalue weighted by atomic mass is 79.9. The van der Waals surface area contributed by atoms with Gasteiger partial charge >= 0.3 is 0 Å². The van der Waals surface area contributed by atoms with E-state index in [0.717, 1.165) is 16.4 Å². The number of halogens is 1. The maximum absolute atomic E-state index is 10.6. The van der Waals surface area contributed by atoms with E-state index in [1.54, 1.807) is 5.01 Å². The van der Waals surface area contributed by atoms with Crippen molar-refractivity contribution < 1.29 is 4.79 Å². The van der Waals surface area contributed by atoms with Crippen molar-refractivity contribution in [3.05, 3.63) is 28.7 Å². The summed E-state index contributed by atoms with van der Waals surface area (Å²) >= 11 is 3.33. The van der Waals surface area contributed by atoms with Crippen LogP contribution in [0.3, 0.4) is 0 Å². The fraction of sp³-hybridized carbons (Fsp3) is 0.125. The first kappa shape index (κ1) is 9.14. The Kier molecular flexibility index (Phi) is 2.45. The van der Waals surface area contributed by atoms with E-state index in [0.29, 0.717) is 0 Å². The third kappa shape index (κ3) is 1.60. The van der Waals surface area contributed by atoms with E-state index in [4.69, 9.17) is 0 Å². The van der Waals surface area contributed by atoms with Crippen molar-refractivity contribution in [3.8, 4) is 0 Å². The largest absolute Gasteiger partial charge is 0.299 e. The number of rotatable bonds is 2. The molecule has 0 spiro atoms.